The molecule has 4 heteroatoms. The molecule has 2 aliphatic heterocycles. The van der Waals surface area contributed by atoms with E-state index >= 15 is 0 Å². The van der Waals surface area contributed by atoms with E-state index in [2.05, 4.69) is 4.90 Å². The van der Waals surface area contributed by atoms with E-state index in [-0.39, 0.29) is 17.9 Å². The molecule has 80 valence electrons. The second-order valence-electron chi connectivity index (χ2n) is 4.25. The van der Waals surface area contributed by atoms with Crippen LogP contribution in [0.25, 0.3) is 0 Å². The molecule has 0 bridgehead atoms. The Morgan fingerprint density at radius 3 is 2.93 bits per heavy atom. The Morgan fingerprint density at radius 2 is 2.21 bits per heavy atom. The lowest BCUT2D eigenvalue weighted by atomic mass is 9.85. The number of ether oxygens (including phenoxy) is 1. The second kappa shape index (κ2) is 3.87. The molecule has 2 fully saturated rings. The van der Waals surface area contributed by atoms with Gasteiger partial charge in [0.25, 0.3) is 0 Å². The molecule has 3 atom stereocenters. The van der Waals surface area contributed by atoms with Crippen molar-refractivity contribution in [3.8, 4) is 0 Å². The average molecular weight is 198 g/mol. The summed E-state index contributed by atoms with van der Waals surface area (Å²) >= 11 is 0. The molecule has 0 aromatic carbocycles. The van der Waals surface area contributed by atoms with Crippen LogP contribution >= 0.6 is 0 Å². The van der Waals surface area contributed by atoms with E-state index in [1.807, 2.05) is 0 Å². The van der Waals surface area contributed by atoms with E-state index in [1.165, 1.54) is 13.5 Å². The predicted molar refractivity (Wildman–Crippen MR) is 52.7 cm³/mol. The van der Waals surface area contributed by atoms with Crippen molar-refractivity contribution >= 4 is 5.97 Å². The van der Waals surface area contributed by atoms with Crippen LogP contribution in [-0.4, -0.2) is 43.2 Å². The van der Waals surface area contributed by atoms with Gasteiger partial charge in [0.05, 0.1) is 13.0 Å². The molecule has 0 aromatic rings. The van der Waals surface area contributed by atoms with Gasteiger partial charge in [0.15, 0.2) is 0 Å². The van der Waals surface area contributed by atoms with Gasteiger partial charge in [0, 0.05) is 12.1 Å². The van der Waals surface area contributed by atoms with Gasteiger partial charge in [-0.2, -0.15) is 0 Å². The van der Waals surface area contributed by atoms with Gasteiger partial charge in [-0.15, -0.1) is 0 Å². The Kier molecular flexibility index (Phi) is 2.74. The molecular formula is C10H18N2O2. The number of esters is 1. The summed E-state index contributed by atoms with van der Waals surface area (Å²) in [5.74, 6) is -0.231. The van der Waals surface area contributed by atoms with E-state index in [0.29, 0.717) is 6.04 Å². The van der Waals surface area contributed by atoms with Crippen molar-refractivity contribution in [1.82, 2.24) is 4.90 Å². The van der Waals surface area contributed by atoms with Gasteiger partial charge in [-0.05, 0) is 32.4 Å². The predicted octanol–water partition coefficient (Wildman–Crippen LogP) is -0.0290. The molecule has 4 nitrogen and oxygen atoms in total. The maximum Gasteiger partial charge on any atom is 0.311 e. The van der Waals surface area contributed by atoms with Gasteiger partial charge in [-0.25, -0.2) is 0 Å². The molecule has 0 radical (unpaired) electrons. The monoisotopic (exact) mass is 198 g/mol. The Hall–Kier alpha value is -0.610. The molecule has 2 rings (SSSR count). The lowest BCUT2D eigenvalue weighted by molar-refractivity contribution is -0.149. The smallest absolute Gasteiger partial charge is 0.311 e. The zero-order valence-corrected chi connectivity index (χ0v) is 8.61. The van der Waals surface area contributed by atoms with Gasteiger partial charge in [0.2, 0.25) is 0 Å². The van der Waals surface area contributed by atoms with Crippen molar-refractivity contribution in [2.24, 2.45) is 11.7 Å². The number of nitrogens with zero attached hydrogens (tertiary/aromatic N) is 1. The van der Waals surface area contributed by atoms with Crippen molar-refractivity contribution in [2.45, 2.75) is 31.3 Å². The lowest BCUT2D eigenvalue weighted by Gasteiger charge is -2.38. The number of hydrogen-bond donors (Lipinski definition) is 1. The number of methoxy groups -OCH3 is 1. The number of carbonyl (C=O) groups excluding carboxylic acids is 1. The number of fused-ring (bicyclic) bond motifs is 1. The quantitative estimate of drug-likeness (QED) is 0.601. The maximum atomic E-state index is 11.6. The molecule has 14 heavy (non-hydrogen) atoms. The first-order valence-electron chi connectivity index (χ1n) is 5.31. The van der Waals surface area contributed by atoms with E-state index in [0.717, 1.165) is 25.9 Å². The Morgan fingerprint density at radius 1 is 1.43 bits per heavy atom. The van der Waals surface area contributed by atoms with Gasteiger partial charge >= 0.3 is 5.97 Å². The van der Waals surface area contributed by atoms with Crippen LogP contribution in [0.5, 0.6) is 0 Å². The molecule has 0 spiro atoms. The zero-order chi connectivity index (χ0) is 10.1. The standard InChI is InChI=1S/C10H18N2O2/c1-14-10(13)9-7(11)4-6-12-5-2-3-8(9)12/h7-9H,2-6,11H2,1H3/t7?,8-,9+/m1/s1. The number of hydrogen-bond acceptors (Lipinski definition) is 4. The van der Waals surface area contributed by atoms with E-state index in [4.69, 9.17) is 10.5 Å². The fourth-order valence-corrected chi connectivity index (χ4v) is 2.78. The lowest BCUT2D eigenvalue weighted by Crippen LogP contribution is -2.54. The maximum absolute atomic E-state index is 11.6. The second-order valence-corrected chi connectivity index (χ2v) is 4.25. The number of rotatable bonds is 1. The fourth-order valence-electron chi connectivity index (χ4n) is 2.78. The van der Waals surface area contributed by atoms with Crippen LogP contribution in [0.1, 0.15) is 19.3 Å². The molecule has 0 saturated carbocycles. The van der Waals surface area contributed by atoms with Crippen LogP contribution in [0.15, 0.2) is 0 Å². The molecule has 0 aromatic heterocycles. The highest BCUT2D eigenvalue weighted by atomic mass is 16.5. The van der Waals surface area contributed by atoms with E-state index in [1.54, 1.807) is 0 Å². The highest BCUT2D eigenvalue weighted by Crippen LogP contribution is 2.31. The third-order valence-electron chi connectivity index (χ3n) is 3.51. The summed E-state index contributed by atoms with van der Waals surface area (Å²) in [7, 11) is 1.45. The van der Waals surface area contributed by atoms with Gasteiger partial charge in [0.1, 0.15) is 0 Å². The van der Waals surface area contributed by atoms with Crippen molar-refractivity contribution in [3.63, 3.8) is 0 Å². The Bertz CT molecular complexity index is 232. The molecule has 2 aliphatic rings. The third kappa shape index (κ3) is 1.53. The highest BCUT2D eigenvalue weighted by molar-refractivity contribution is 5.74. The van der Waals surface area contributed by atoms with Gasteiger partial charge in [-0.3, -0.25) is 9.69 Å². The number of carbonyl (C=O) groups is 1. The molecule has 1 unspecified atom stereocenters. The van der Waals surface area contributed by atoms with Crippen LogP contribution in [0.3, 0.4) is 0 Å². The summed E-state index contributed by atoms with van der Waals surface area (Å²) in [5, 5.41) is 0. The summed E-state index contributed by atoms with van der Waals surface area (Å²) in [6, 6.07) is 0.327. The van der Waals surface area contributed by atoms with Crippen LogP contribution in [-0.2, 0) is 9.53 Å². The summed E-state index contributed by atoms with van der Waals surface area (Å²) in [5.41, 5.74) is 5.98. The van der Waals surface area contributed by atoms with Crippen molar-refractivity contribution in [2.75, 3.05) is 20.2 Å². The molecular weight excluding hydrogens is 180 g/mol. The first-order valence-corrected chi connectivity index (χ1v) is 5.31. The SMILES string of the molecule is COC(=O)[C@H]1C(N)CCN2CCC[C@H]12. The van der Waals surface area contributed by atoms with Crippen LogP contribution in [0.4, 0.5) is 0 Å². The molecule has 2 heterocycles. The minimum Gasteiger partial charge on any atom is -0.469 e. The summed E-state index contributed by atoms with van der Waals surface area (Å²) in [4.78, 5) is 14.0. The third-order valence-corrected chi connectivity index (χ3v) is 3.51. The summed E-state index contributed by atoms with van der Waals surface area (Å²) < 4.78 is 4.82. The van der Waals surface area contributed by atoms with Crippen LogP contribution < -0.4 is 5.73 Å². The molecule has 2 N–H and O–H groups in total. The zero-order valence-electron chi connectivity index (χ0n) is 8.61. The van der Waals surface area contributed by atoms with Gasteiger partial charge in [-0.1, -0.05) is 0 Å². The topological polar surface area (TPSA) is 55.6 Å². The number of nitrogens with two attached hydrogens (primary N) is 1. The molecule has 0 aliphatic carbocycles. The van der Waals surface area contributed by atoms with Crippen LogP contribution in [0.2, 0.25) is 0 Å². The average Bonchev–Trinajstić information content (AvgIpc) is 2.64. The summed E-state index contributed by atoms with van der Waals surface area (Å²) in [6.07, 6.45) is 3.19. The van der Waals surface area contributed by atoms with Crippen molar-refractivity contribution < 1.29 is 9.53 Å². The first kappa shape index (κ1) is 9.93. The molecule has 2 saturated heterocycles. The Balaban J connectivity index is 2.13. The minimum atomic E-state index is -0.130. The highest BCUT2D eigenvalue weighted by Gasteiger charge is 2.43. The van der Waals surface area contributed by atoms with E-state index < -0.39 is 0 Å². The van der Waals surface area contributed by atoms with Crippen LogP contribution in [0, 0.1) is 5.92 Å². The van der Waals surface area contributed by atoms with Gasteiger partial charge < -0.3 is 10.5 Å². The van der Waals surface area contributed by atoms with Crippen molar-refractivity contribution in [3.05, 3.63) is 0 Å². The largest absolute Gasteiger partial charge is 0.469 e. The fraction of sp³-hybridized carbons (Fsp3) is 0.900. The minimum absolute atomic E-state index is 0.0122. The first-order chi connectivity index (χ1) is 6.74. The van der Waals surface area contributed by atoms with Crippen molar-refractivity contribution in [1.29, 1.82) is 0 Å². The summed E-state index contributed by atoms with van der Waals surface area (Å²) in [6.45, 7) is 2.16. The Labute approximate surface area is 84.4 Å². The van der Waals surface area contributed by atoms with E-state index in [9.17, 15) is 4.79 Å². The number of piperidine rings is 1. The molecule has 0 amide bonds. The normalized spacial score (nSPS) is 38.0.